The van der Waals surface area contributed by atoms with Crippen LogP contribution in [0.5, 0.6) is 23.0 Å². The van der Waals surface area contributed by atoms with Crippen LogP contribution in [0, 0.1) is 34.9 Å². The Balaban J connectivity index is 0.000000216. The van der Waals surface area contributed by atoms with Crippen LogP contribution in [0.15, 0.2) is 121 Å². The molecule has 81 heavy (non-hydrogen) atoms. The molecule has 2 fully saturated rings. The van der Waals surface area contributed by atoms with Crippen LogP contribution >= 0.6 is 0 Å². The summed E-state index contributed by atoms with van der Waals surface area (Å²) in [5, 5.41) is 11.3. The van der Waals surface area contributed by atoms with Gasteiger partial charge in [-0.25, -0.2) is 35.9 Å². The van der Waals surface area contributed by atoms with Gasteiger partial charge in [0.15, 0.2) is 23.3 Å². The number of nitrogen functional groups attached to an aromatic ring is 1. The molecular weight excluding hydrogens is 1060 g/mol. The SMILES string of the molecule is CC(C)(C)OC(=O)N1CCC(c2ccc(F)c(N)c2)CC1.CC(C)(C)OC(=O)N1CCC(c2ccc(F)c(NC(=O)CCc3ccc(Oc4ccc(F)c(F)c4)cc3)c2)CC1.O=C(O)CCc1ccc(Oc2ccc(F)c(F)c2)cc1. The number of carbonyl (C=O) groups is 4. The van der Waals surface area contributed by atoms with Crippen LogP contribution in [0.2, 0.25) is 0 Å². The van der Waals surface area contributed by atoms with Crippen molar-refractivity contribution in [1.29, 1.82) is 0 Å². The van der Waals surface area contributed by atoms with Gasteiger partial charge in [-0.2, -0.15) is 0 Å². The first-order valence-corrected chi connectivity index (χ1v) is 26.5. The normalized spacial score (nSPS) is 13.9. The van der Waals surface area contributed by atoms with Crippen molar-refractivity contribution in [3.05, 3.63) is 178 Å². The average molecular weight is 1130 g/mol. The smallest absolute Gasteiger partial charge is 0.410 e. The van der Waals surface area contributed by atoms with Crippen molar-refractivity contribution in [3.8, 4) is 23.0 Å². The Morgan fingerprint density at radius 1 is 0.506 bits per heavy atom. The van der Waals surface area contributed by atoms with Crippen molar-refractivity contribution < 1.29 is 69.6 Å². The third-order valence-corrected chi connectivity index (χ3v) is 12.9. The number of benzene rings is 6. The molecule has 8 rings (SSSR count). The number of halogens is 6. The predicted molar refractivity (Wildman–Crippen MR) is 295 cm³/mol. The maximum atomic E-state index is 14.5. The molecule has 6 aromatic carbocycles. The molecule has 0 atom stereocenters. The molecule has 0 bridgehead atoms. The Bertz CT molecular complexity index is 3100. The lowest BCUT2D eigenvalue weighted by molar-refractivity contribution is -0.137. The minimum Gasteiger partial charge on any atom is -0.481 e. The van der Waals surface area contributed by atoms with E-state index in [-0.39, 0.29) is 65.5 Å². The van der Waals surface area contributed by atoms with Gasteiger partial charge in [0.1, 0.15) is 45.8 Å². The Hall–Kier alpha value is -8.22. The van der Waals surface area contributed by atoms with E-state index in [2.05, 4.69) is 5.32 Å². The number of amides is 3. The lowest BCUT2D eigenvalue weighted by Crippen LogP contribution is -2.41. The third kappa shape index (κ3) is 20.1. The molecular formula is C62H68F6N4O9. The zero-order chi connectivity index (χ0) is 59.0. The van der Waals surface area contributed by atoms with Gasteiger partial charge in [0, 0.05) is 51.2 Å². The van der Waals surface area contributed by atoms with E-state index in [0.29, 0.717) is 69.3 Å². The number of hydrogen-bond donors (Lipinski definition) is 3. The highest BCUT2D eigenvalue weighted by molar-refractivity contribution is 5.91. The Labute approximate surface area is 468 Å². The predicted octanol–water partition coefficient (Wildman–Crippen LogP) is 14.9. The summed E-state index contributed by atoms with van der Waals surface area (Å²) in [6.45, 7) is 13.5. The summed E-state index contributed by atoms with van der Waals surface area (Å²) < 4.78 is 102. The Morgan fingerprint density at radius 2 is 0.889 bits per heavy atom. The maximum absolute atomic E-state index is 14.5. The number of nitrogens with one attached hydrogen (secondary N) is 1. The van der Waals surface area contributed by atoms with Crippen molar-refractivity contribution in [2.24, 2.45) is 0 Å². The second kappa shape index (κ2) is 28.3. The molecule has 4 N–H and O–H groups in total. The fraction of sp³-hybridized carbons (Fsp3) is 0.355. The molecule has 432 valence electrons. The molecule has 0 aromatic heterocycles. The molecule has 0 aliphatic carbocycles. The van der Waals surface area contributed by atoms with Gasteiger partial charge in [-0.1, -0.05) is 36.4 Å². The van der Waals surface area contributed by atoms with E-state index in [0.717, 1.165) is 59.4 Å². The van der Waals surface area contributed by atoms with E-state index in [1.807, 2.05) is 41.5 Å². The van der Waals surface area contributed by atoms with Crippen LogP contribution in [-0.2, 0) is 31.9 Å². The summed E-state index contributed by atoms with van der Waals surface area (Å²) in [5.41, 5.74) is 8.58. The van der Waals surface area contributed by atoms with Crippen molar-refractivity contribution in [3.63, 3.8) is 0 Å². The van der Waals surface area contributed by atoms with Crippen LogP contribution < -0.4 is 20.5 Å². The van der Waals surface area contributed by atoms with Crippen LogP contribution in [0.25, 0.3) is 0 Å². The largest absolute Gasteiger partial charge is 0.481 e. The first-order chi connectivity index (χ1) is 38.3. The summed E-state index contributed by atoms with van der Waals surface area (Å²) in [4.78, 5) is 50.8. The second-order valence-corrected chi connectivity index (χ2v) is 21.6. The first kappa shape index (κ1) is 62.0. The number of ether oxygens (including phenoxy) is 4. The lowest BCUT2D eigenvalue weighted by Gasteiger charge is -2.33. The van der Waals surface area contributed by atoms with Gasteiger partial charge in [0.05, 0.1) is 11.4 Å². The summed E-state index contributed by atoms with van der Waals surface area (Å²) >= 11 is 0. The monoisotopic (exact) mass is 1130 g/mol. The van der Waals surface area contributed by atoms with Gasteiger partial charge in [-0.3, -0.25) is 9.59 Å². The highest BCUT2D eigenvalue weighted by Gasteiger charge is 2.29. The fourth-order valence-corrected chi connectivity index (χ4v) is 8.68. The third-order valence-electron chi connectivity index (χ3n) is 12.9. The van der Waals surface area contributed by atoms with Gasteiger partial charge in [0.2, 0.25) is 5.91 Å². The number of rotatable bonds is 13. The summed E-state index contributed by atoms with van der Waals surface area (Å²) in [6.07, 6.45) is 3.56. The van der Waals surface area contributed by atoms with Gasteiger partial charge in [-0.05, 0) is 187 Å². The van der Waals surface area contributed by atoms with E-state index in [1.54, 1.807) is 82.6 Å². The van der Waals surface area contributed by atoms with Gasteiger partial charge in [-0.15, -0.1) is 0 Å². The Morgan fingerprint density at radius 3 is 1.28 bits per heavy atom. The molecule has 6 aromatic rings. The number of nitrogens with two attached hydrogens (primary N) is 1. The van der Waals surface area contributed by atoms with E-state index >= 15 is 0 Å². The number of piperidine rings is 2. The van der Waals surface area contributed by atoms with Crippen molar-refractivity contribution in [2.45, 2.75) is 116 Å². The molecule has 0 radical (unpaired) electrons. The number of carboxylic acids is 1. The van der Waals surface area contributed by atoms with Crippen LogP contribution in [0.4, 0.5) is 47.3 Å². The van der Waals surface area contributed by atoms with E-state index in [1.165, 1.54) is 24.3 Å². The quantitative estimate of drug-likeness (QED) is 0.0747. The average Bonchev–Trinajstić information content (AvgIpc) is 3.42. The molecule has 3 amide bonds. The molecule has 2 heterocycles. The molecule has 2 aliphatic heterocycles. The number of hydrogen-bond acceptors (Lipinski definition) is 9. The zero-order valence-corrected chi connectivity index (χ0v) is 46.1. The van der Waals surface area contributed by atoms with Gasteiger partial charge >= 0.3 is 18.2 Å². The zero-order valence-electron chi connectivity index (χ0n) is 46.1. The summed E-state index contributed by atoms with van der Waals surface area (Å²) in [7, 11) is 0. The molecule has 2 aliphatic rings. The van der Waals surface area contributed by atoms with E-state index < -0.39 is 46.3 Å². The number of anilines is 2. The van der Waals surface area contributed by atoms with Crippen LogP contribution in [0.3, 0.4) is 0 Å². The molecule has 0 unspecified atom stereocenters. The number of carboxylic acid groups (broad SMARTS) is 1. The number of aliphatic carboxylic acids is 1. The molecule has 2 saturated heterocycles. The van der Waals surface area contributed by atoms with Crippen molar-refractivity contribution in [2.75, 3.05) is 37.2 Å². The fourth-order valence-electron chi connectivity index (χ4n) is 8.68. The van der Waals surface area contributed by atoms with Crippen LogP contribution in [0.1, 0.15) is 114 Å². The number of likely N-dealkylation sites (tertiary alicyclic amines) is 2. The molecule has 0 saturated carbocycles. The molecule has 13 nitrogen and oxygen atoms in total. The minimum atomic E-state index is -0.995. The van der Waals surface area contributed by atoms with Crippen molar-refractivity contribution >= 4 is 35.4 Å². The summed E-state index contributed by atoms with van der Waals surface area (Å²) in [6, 6.07) is 29.9. The summed E-state index contributed by atoms with van der Waals surface area (Å²) in [5.74, 6) is -4.19. The van der Waals surface area contributed by atoms with E-state index in [4.69, 9.17) is 29.8 Å². The number of carbonyl (C=O) groups excluding carboxylic acids is 3. The highest BCUT2D eigenvalue weighted by Crippen LogP contribution is 2.33. The topological polar surface area (TPSA) is 170 Å². The molecule has 19 heteroatoms. The number of nitrogens with zero attached hydrogens (tertiary/aromatic N) is 2. The second-order valence-electron chi connectivity index (χ2n) is 21.6. The van der Waals surface area contributed by atoms with Gasteiger partial charge < -0.3 is 44.9 Å². The Kier molecular flexibility index (Phi) is 21.6. The van der Waals surface area contributed by atoms with Crippen molar-refractivity contribution in [1.82, 2.24) is 9.80 Å². The maximum Gasteiger partial charge on any atom is 0.410 e. The first-order valence-electron chi connectivity index (χ1n) is 26.5. The lowest BCUT2D eigenvalue weighted by atomic mass is 9.89. The van der Waals surface area contributed by atoms with Gasteiger partial charge in [0.25, 0.3) is 0 Å². The van der Waals surface area contributed by atoms with Crippen LogP contribution in [-0.4, -0.2) is 76.4 Å². The van der Waals surface area contributed by atoms with E-state index in [9.17, 15) is 45.5 Å². The highest BCUT2D eigenvalue weighted by atomic mass is 19.2. The number of aryl methyl sites for hydroxylation is 2. The minimum absolute atomic E-state index is 0.0589. The standard InChI is InChI=1S/C31H33F3N2O4.C16H23FN2O2.C15H12F2O3/c1-31(2,3)40-30(38)36-16-14-21(15-17-36)22-7-11-26(33)28(18-22)35-29(37)13-6-20-4-8-23(9-5-20)39-24-10-12-25(32)27(34)19-24;1-16(2,3)21-15(20)19-8-6-11(7-9-19)12-4-5-13(17)14(18)10-12;16-13-7-6-12(9-14(13)17)20-11-4-1-10(2-5-11)3-8-15(18)19/h4-5,7-12,18-19,21H,6,13-17H2,1-3H3,(H,35,37);4-5,10-11H,6-9,18H2,1-3H3;1-2,4-7,9H,3,8H2,(H,18,19). The molecule has 0 spiro atoms.